The Morgan fingerprint density at radius 3 is 2.56 bits per heavy atom. The minimum atomic E-state index is -0.669. The summed E-state index contributed by atoms with van der Waals surface area (Å²) >= 11 is 0. The summed E-state index contributed by atoms with van der Waals surface area (Å²) in [5, 5.41) is 12.5. The largest absolute Gasteiger partial charge is 0.481 e. The minimum Gasteiger partial charge on any atom is -0.481 e. The summed E-state index contributed by atoms with van der Waals surface area (Å²) < 4.78 is 0. The Kier molecular flexibility index (Phi) is 3.57. The van der Waals surface area contributed by atoms with E-state index in [0.29, 0.717) is 0 Å². The van der Waals surface area contributed by atoms with E-state index in [2.05, 4.69) is 5.32 Å². The first-order chi connectivity index (χ1) is 7.79. The van der Waals surface area contributed by atoms with Crippen molar-refractivity contribution in [3.63, 3.8) is 0 Å². The summed E-state index contributed by atoms with van der Waals surface area (Å²) in [6.45, 7) is 1.71. The molecule has 2 unspecified atom stereocenters. The molecule has 1 saturated heterocycles. The number of hydrogen-bond donors (Lipinski definition) is 2. The van der Waals surface area contributed by atoms with Crippen molar-refractivity contribution >= 4 is 5.97 Å². The van der Waals surface area contributed by atoms with Crippen molar-refractivity contribution in [3.8, 4) is 0 Å². The highest BCUT2D eigenvalue weighted by molar-refractivity contribution is 5.71. The van der Waals surface area contributed by atoms with E-state index in [1.54, 1.807) is 0 Å². The highest BCUT2D eigenvalue weighted by Gasteiger charge is 2.30. The maximum atomic E-state index is 11.3. The lowest BCUT2D eigenvalue weighted by Crippen LogP contribution is -2.22. The van der Waals surface area contributed by atoms with Crippen LogP contribution in [0.3, 0.4) is 0 Å². The summed E-state index contributed by atoms with van der Waals surface area (Å²) in [4.78, 5) is 11.3. The lowest BCUT2D eigenvalue weighted by atomic mass is 9.82. The second-order valence-electron chi connectivity index (χ2n) is 4.29. The van der Waals surface area contributed by atoms with E-state index >= 15 is 0 Å². The van der Waals surface area contributed by atoms with Crippen LogP contribution in [0.1, 0.15) is 24.3 Å². The Labute approximate surface area is 95.5 Å². The molecule has 2 atom stereocenters. The number of rotatable bonds is 2. The third-order valence-electron chi connectivity index (χ3n) is 3.29. The number of carboxylic acid groups (broad SMARTS) is 1. The van der Waals surface area contributed by atoms with Gasteiger partial charge in [-0.2, -0.15) is 0 Å². The highest BCUT2D eigenvalue weighted by atomic mass is 16.4. The molecule has 1 aromatic carbocycles. The molecule has 2 N–H and O–H groups in total. The van der Waals surface area contributed by atoms with Crippen molar-refractivity contribution < 1.29 is 9.90 Å². The molecule has 86 valence electrons. The molecule has 1 fully saturated rings. The molecule has 0 radical (unpaired) electrons. The quantitative estimate of drug-likeness (QED) is 0.798. The molecule has 1 aromatic rings. The summed E-state index contributed by atoms with van der Waals surface area (Å²) in [7, 11) is 0. The summed E-state index contributed by atoms with van der Waals surface area (Å²) in [6.07, 6.45) is 1.62. The molecule has 1 aliphatic rings. The van der Waals surface area contributed by atoms with E-state index in [4.69, 9.17) is 0 Å². The van der Waals surface area contributed by atoms with E-state index < -0.39 is 5.97 Å². The van der Waals surface area contributed by atoms with Gasteiger partial charge >= 0.3 is 5.97 Å². The summed E-state index contributed by atoms with van der Waals surface area (Å²) in [6, 6.07) is 9.99. The van der Waals surface area contributed by atoms with Crippen molar-refractivity contribution in [2.24, 2.45) is 5.92 Å². The van der Waals surface area contributed by atoms with E-state index in [1.165, 1.54) is 0 Å². The van der Waals surface area contributed by atoms with Crippen LogP contribution in [0.5, 0.6) is 0 Å². The van der Waals surface area contributed by atoms with Gasteiger partial charge in [0.05, 0.1) is 5.92 Å². The van der Waals surface area contributed by atoms with Crippen molar-refractivity contribution in [1.29, 1.82) is 0 Å². The first-order valence-electron chi connectivity index (χ1n) is 5.77. The normalized spacial score (nSPS) is 26.0. The summed E-state index contributed by atoms with van der Waals surface area (Å²) in [5.74, 6) is -0.774. The van der Waals surface area contributed by atoms with Crippen LogP contribution in [0.25, 0.3) is 0 Å². The monoisotopic (exact) mass is 219 g/mol. The first kappa shape index (κ1) is 11.1. The maximum absolute atomic E-state index is 11.3. The molecule has 0 saturated carbocycles. The van der Waals surface area contributed by atoms with Gasteiger partial charge in [0.2, 0.25) is 0 Å². The second-order valence-corrected chi connectivity index (χ2v) is 4.29. The number of carbonyl (C=O) groups is 1. The third-order valence-corrected chi connectivity index (χ3v) is 3.29. The number of carboxylic acids is 1. The lowest BCUT2D eigenvalue weighted by molar-refractivity contribution is -0.142. The van der Waals surface area contributed by atoms with Crippen LogP contribution >= 0.6 is 0 Å². The molecule has 0 aromatic heterocycles. The predicted octanol–water partition coefficient (Wildman–Crippen LogP) is 1.85. The van der Waals surface area contributed by atoms with Gasteiger partial charge < -0.3 is 10.4 Å². The van der Waals surface area contributed by atoms with Crippen molar-refractivity contribution in [3.05, 3.63) is 35.9 Å². The number of hydrogen-bond acceptors (Lipinski definition) is 2. The molecular formula is C13H17NO2. The Hall–Kier alpha value is -1.35. The van der Waals surface area contributed by atoms with Crippen LogP contribution in [0, 0.1) is 5.92 Å². The van der Waals surface area contributed by atoms with Gasteiger partial charge in [0.25, 0.3) is 0 Å². The molecule has 0 bridgehead atoms. The van der Waals surface area contributed by atoms with Crippen LogP contribution in [0.15, 0.2) is 30.3 Å². The molecule has 1 aliphatic heterocycles. The topological polar surface area (TPSA) is 49.3 Å². The van der Waals surface area contributed by atoms with Crippen LogP contribution in [0.4, 0.5) is 0 Å². The zero-order valence-electron chi connectivity index (χ0n) is 9.23. The molecule has 1 heterocycles. The second kappa shape index (κ2) is 5.12. The molecule has 0 aliphatic carbocycles. The Bertz CT molecular complexity index is 350. The van der Waals surface area contributed by atoms with Gasteiger partial charge in [0.15, 0.2) is 0 Å². The van der Waals surface area contributed by atoms with Crippen molar-refractivity contribution in [1.82, 2.24) is 5.32 Å². The zero-order chi connectivity index (χ0) is 11.4. The van der Waals surface area contributed by atoms with Gasteiger partial charge in [-0.25, -0.2) is 0 Å². The number of benzene rings is 1. The lowest BCUT2D eigenvalue weighted by Gasteiger charge is -2.21. The molecule has 0 amide bonds. The predicted molar refractivity (Wildman–Crippen MR) is 62.4 cm³/mol. The third kappa shape index (κ3) is 2.42. The molecule has 2 rings (SSSR count). The van der Waals surface area contributed by atoms with Crippen LogP contribution in [-0.2, 0) is 4.79 Å². The Morgan fingerprint density at radius 2 is 1.88 bits per heavy atom. The van der Waals surface area contributed by atoms with Crippen molar-refractivity contribution in [2.45, 2.75) is 18.8 Å². The van der Waals surface area contributed by atoms with Crippen LogP contribution < -0.4 is 5.32 Å². The van der Waals surface area contributed by atoms with Gasteiger partial charge in [-0.3, -0.25) is 4.79 Å². The molecule has 3 heteroatoms. The van der Waals surface area contributed by atoms with Crippen LogP contribution in [-0.4, -0.2) is 24.2 Å². The van der Waals surface area contributed by atoms with Crippen LogP contribution in [0.2, 0.25) is 0 Å². The Morgan fingerprint density at radius 1 is 1.19 bits per heavy atom. The van der Waals surface area contributed by atoms with E-state index in [0.717, 1.165) is 31.5 Å². The summed E-state index contributed by atoms with van der Waals surface area (Å²) in [5.41, 5.74) is 1.15. The SMILES string of the molecule is O=C(O)C1CCNCCC1c1ccccc1. The maximum Gasteiger partial charge on any atom is 0.307 e. The van der Waals surface area contributed by atoms with Gasteiger partial charge in [0.1, 0.15) is 0 Å². The standard InChI is InChI=1S/C13H17NO2/c15-13(16)12-7-9-14-8-6-11(12)10-4-2-1-3-5-10/h1-5,11-12,14H,6-9H2,(H,15,16). The molecule has 16 heavy (non-hydrogen) atoms. The zero-order valence-corrected chi connectivity index (χ0v) is 9.23. The number of aliphatic carboxylic acids is 1. The fourth-order valence-electron chi connectivity index (χ4n) is 2.44. The first-order valence-corrected chi connectivity index (χ1v) is 5.77. The average molecular weight is 219 g/mol. The molecule has 3 nitrogen and oxygen atoms in total. The minimum absolute atomic E-state index is 0.147. The van der Waals surface area contributed by atoms with Gasteiger partial charge in [-0.15, -0.1) is 0 Å². The van der Waals surface area contributed by atoms with Gasteiger partial charge in [-0.05, 0) is 37.4 Å². The van der Waals surface area contributed by atoms with Crippen molar-refractivity contribution in [2.75, 3.05) is 13.1 Å². The fourth-order valence-corrected chi connectivity index (χ4v) is 2.44. The highest BCUT2D eigenvalue weighted by Crippen LogP contribution is 2.31. The Balaban J connectivity index is 2.24. The smallest absolute Gasteiger partial charge is 0.307 e. The fraction of sp³-hybridized carbons (Fsp3) is 0.462. The van der Waals surface area contributed by atoms with Gasteiger partial charge in [-0.1, -0.05) is 30.3 Å². The van der Waals surface area contributed by atoms with E-state index in [1.807, 2.05) is 30.3 Å². The number of nitrogens with one attached hydrogen (secondary N) is 1. The van der Waals surface area contributed by atoms with E-state index in [9.17, 15) is 9.90 Å². The average Bonchev–Trinajstić information content (AvgIpc) is 2.55. The molecular weight excluding hydrogens is 202 g/mol. The van der Waals surface area contributed by atoms with E-state index in [-0.39, 0.29) is 11.8 Å². The molecule has 0 spiro atoms. The van der Waals surface area contributed by atoms with Gasteiger partial charge in [0, 0.05) is 0 Å².